The van der Waals surface area contributed by atoms with Crippen LogP contribution in [0.4, 0.5) is 0 Å². The molecule has 1 unspecified atom stereocenters. The van der Waals surface area contributed by atoms with E-state index in [9.17, 15) is 4.79 Å². The van der Waals surface area contributed by atoms with Crippen molar-refractivity contribution < 1.29 is 0 Å². The minimum absolute atomic E-state index is 0.135. The van der Waals surface area contributed by atoms with Crippen molar-refractivity contribution in [3.63, 3.8) is 0 Å². The van der Waals surface area contributed by atoms with Crippen LogP contribution in [-0.2, 0) is 0 Å². The third-order valence-corrected chi connectivity index (χ3v) is 5.26. The zero-order chi connectivity index (χ0) is 11.0. The van der Waals surface area contributed by atoms with Gasteiger partial charge in [-0.25, -0.2) is 0 Å². The topological polar surface area (TPSA) is 34.0 Å². The molecule has 2 heterocycles. The van der Waals surface area contributed by atoms with E-state index in [2.05, 4.69) is 17.5 Å². The number of fused-ring (bicyclic) bond motifs is 1. The van der Waals surface area contributed by atoms with Gasteiger partial charge in [0.15, 0.2) is 0 Å². The molecule has 16 heavy (non-hydrogen) atoms. The number of rotatable bonds is 1. The third-order valence-electron chi connectivity index (χ3n) is 2.81. The van der Waals surface area contributed by atoms with Gasteiger partial charge < -0.3 is 0 Å². The number of nitrogens with zero attached hydrogens (tertiary/aromatic N) is 1. The first-order valence-corrected chi connectivity index (χ1v) is 7.00. The van der Waals surface area contributed by atoms with Crippen molar-refractivity contribution >= 4 is 24.4 Å². The molecule has 1 aromatic carbocycles. The molecule has 3 nitrogen and oxygen atoms in total. The molecule has 0 bridgehead atoms. The first kappa shape index (κ1) is 9.94. The molecule has 1 aromatic heterocycles. The molecule has 0 fully saturated rings. The summed E-state index contributed by atoms with van der Waals surface area (Å²) in [5, 5.41) is 4.15. The Hall–Kier alpha value is -1.25. The molecular formula is C12H12N2OSe. The predicted octanol–water partition coefficient (Wildman–Crippen LogP) is 1.45. The van der Waals surface area contributed by atoms with Gasteiger partial charge in [0.2, 0.25) is 0 Å². The summed E-state index contributed by atoms with van der Waals surface area (Å²) in [5.41, 5.74) is 0.184. The molecule has 0 saturated heterocycles. The molecule has 1 N–H and O–H groups in total. The van der Waals surface area contributed by atoms with E-state index >= 15 is 0 Å². The summed E-state index contributed by atoms with van der Waals surface area (Å²) in [6.45, 7) is 0. The molecule has 0 amide bonds. The van der Waals surface area contributed by atoms with E-state index in [4.69, 9.17) is 0 Å². The van der Waals surface area contributed by atoms with Crippen LogP contribution in [-0.4, -0.2) is 18.3 Å². The monoisotopic (exact) mass is 280 g/mol. The Morgan fingerprint density at radius 1 is 1.38 bits per heavy atom. The van der Waals surface area contributed by atoms with Gasteiger partial charge in [-0.1, -0.05) is 0 Å². The molecule has 1 atom stereocenters. The zero-order valence-electron chi connectivity index (χ0n) is 8.72. The summed E-state index contributed by atoms with van der Waals surface area (Å²) in [7, 11) is 0. The second-order valence-corrected chi connectivity index (χ2v) is 6.01. The molecule has 0 radical (unpaired) electrons. The van der Waals surface area contributed by atoms with Crippen molar-refractivity contribution in [1.82, 2.24) is 8.88 Å². The molecule has 0 spiro atoms. The molecule has 1 aliphatic heterocycles. The summed E-state index contributed by atoms with van der Waals surface area (Å²) >= 11 is 0.135. The van der Waals surface area contributed by atoms with Gasteiger partial charge >= 0.3 is 99.2 Å². The van der Waals surface area contributed by atoms with Crippen LogP contribution in [0.15, 0.2) is 41.3 Å². The van der Waals surface area contributed by atoms with Gasteiger partial charge in [0.05, 0.1) is 0 Å². The average Bonchev–Trinajstić information content (AvgIpc) is 2.69. The van der Waals surface area contributed by atoms with E-state index in [1.54, 1.807) is 0 Å². The number of hydrogen-bond acceptors (Lipinski definition) is 2. The van der Waals surface area contributed by atoms with E-state index in [1.807, 2.05) is 28.0 Å². The fourth-order valence-electron chi connectivity index (χ4n) is 1.98. The summed E-state index contributed by atoms with van der Waals surface area (Å²) in [5.74, 6) is 0. The number of benzene rings is 1. The number of aromatic nitrogens is 1. The zero-order valence-corrected chi connectivity index (χ0v) is 10.4. The van der Waals surface area contributed by atoms with Crippen LogP contribution in [0.1, 0.15) is 19.0 Å². The van der Waals surface area contributed by atoms with Crippen LogP contribution in [0.2, 0.25) is 0 Å². The van der Waals surface area contributed by atoms with E-state index in [-0.39, 0.29) is 26.5 Å². The third kappa shape index (κ3) is 1.55. The molecule has 3 rings (SSSR count). The number of allylic oxidation sites excluding steroid dienone is 1. The van der Waals surface area contributed by atoms with Gasteiger partial charge in [-0.3, -0.25) is 0 Å². The molecule has 1 aliphatic rings. The predicted molar refractivity (Wildman–Crippen MR) is 65.7 cm³/mol. The summed E-state index contributed by atoms with van der Waals surface area (Å²) in [6.07, 6.45) is 6.31. The fraction of sp³-hybridized carbons (Fsp3) is 0.250. The Morgan fingerprint density at radius 3 is 3.00 bits per heavy atom. The summed E-state index contributed by atoms with van der Waals surface area (Å²) in [6, 6.07) is 7.93. The van der Waals surface area contributed by atoms with Gasteiger partial charge in [-0.15, -0.1) is 0 Å². The van der Waals surface area contributed by atoms with Crippen LogP contribution in [0, 0.1) is 0 Å². The molecule has 82 valence electrons. The van der Waals surface area contributed by atoms with E-state index in [0.717, 1.165) is 18.2 Å². The Morgan fingerprint density at radius 2 is 2.25 bits per heavy atom. The van der Waals surface area contributed by atoms with Crippen LogP contribution in [0.5, 0.6) is 0 Å². The standard InChI is InChI=1S/C12H12N2OSe/c15-12-9-5-1-2-6-10(9)16-14(12)11-7-3-4-8-13-11/h1-2,4-6,8,11,13H,3,7H2. The summed E-state index contributed by atoms with van der Waals surface area (Å²) < 4.78 is 3.19. The second-order valence-electron chi connectivity index (χ2n) is 3.88. The number of hydrogen-bond donors (Lipinski definition) is 1. The molecular weight excluding hydrogens is 267 g/mol. The van der Waals surface area contributed by atoms with Crippen LogP contribution in [0.3, 0.4) is 0 Å². The maximum absolute atomic E-state index is 12.2. The van der Waals surface area contributed by atoms with Crippen LogP contribution in [0.25, 0.3) is 9.65 Å². The second kappa shape index (κ2) is 3.96. The normalized spacial score (nSPS) is 19.9. The van der Waals surface area contributed by atoms with Crippen molar-refractivity contribution in [3.8, 4) is 0 Å². The number of nitrogens with one attached hydrogen (secondary N) is 1. The maximum atomic E-state index is 12.2. The molecule has 0 saturated carbocycles. The average molecular weight is 279 g/mol. The minimum atomic E-state index is 0.135. The van der Waals surface area contributed by atoms with Gasteiger partial charge in [-0.2, -0.15) is 0 Å². The van der Waals surface area contributed by atoms with Crippen molar-refractivity contribution in [2.45, 2.75) is 19.0 Å². The Labute approximate surface area is 99.4 Å². The quantitative estimate of drug-likeness (QED) is 0.802. The first-order chi connectivity index (χ1) is 7.86. The van der Waals surface area contributed by atoms with Gasteiger partial charge in [0.25, 0.3) is 0 Å². The van der Waals surface area contributed by atoms with E-state index < -0.39 is 0 Å². The Kier molecular flexibility index (Phi) is 2.46. The van der Waals surface area contributed by atoms with E-state index in [0.29, 0.717) is 0 Å². The fourth-order valence-corrected chi connectivity index (χ4v) is 4.24. The first-order valence-electron chi connectivity index (χ1n) is 5.38. The van der Waals surface area contributed by atoms with Crippen LogP contribution >= 0.6 is 0 Å². The Balaban J connectivity index is 2.13. The van der Waals surface area contributed by atoms with Crippen molar-refractivity contribution in [3.05, 3.63) is 46.9 Å². The molecule has 2 aromatic rings. The summed E-state index contributed by atoms with van der Waals surface area (Å²) in [4.78, 5) is 12.2. The van der Waals surface area contributed by atoms with Crippen molar-refractivity contribution in [2.75, 3.05) is 0 Å². The Bertz CT molecular complexity index is 596. The van der Waals surface area contributed by atoms with Gasteiger partial charge in [0.1, 0.15) is 0 Å². The van der Waals surface area contributed by atoms with E-state index in [1.165, 1.54) is 4.26 Å². The van der Waals surface area contributed by atoms with Gasteiger partial charge in [-0.05, 0) is 0 Å². The van der Waals surface area contributed by atoms with Crippen LogP contribution < -0.4 is 10.9 Å². The van der Waals surface area contributed by atoms with Crippen molar-refractivity contribution in [1.29, 1.82) is 0 Å². The van der Waals surface area contributed by atoms with Crippen molar-refractivity contribution in [2.24, 2.45) is 0 Å². The molecule has 0 aliphatic carbocycles. The molecule has 4 heteroatoms. The SMILES string of the molecule is O=c1c2ccccc2[se]n1C1CCC=CN1. The van der Waals surface area contributed by atoms with Gasteiger partial charge in [0, 0.05) is 0 Å².